The molecule has 1 atom stereocenters. The van der Waals surface area contributed by atoms with Crippen LogP contribution < -0.4 is 0 Å². The Hall–Kier alpha value is -3.48. The molecule has 0 N–H and O–H groups in total. The zero-order chi connectivity index (χ0) is 22.5. The fourth-order valence-electron chi connectivity index (χ4n) is 3.48. The predicted molar refractivity (Wildman–Crippen MR) is 114 cm³/mol. The summed E-state index contributed by atoms with van der Waals surface area (Å²) in [7, 11) is 1.66. The highest BCUT2D eigenvalue weighted by Crippen LogP contribution is 2.24. The van der Waals surface area contributed by atoms with Gasteiger partial charge in [0.05, 0.1) is 17.2 Å². The van der Waals surface area contributed by atoms with Crippen LogP contribution in [0, 0.1) is 6.92 Å². The van der Waals surface area contributed by atoms with Gasteiger partial charge in [0.1, 0.15) is 0 Å². The highest BCUT2D eigenvalue weighted by molar-refractivity contribution is 6.21. The molecule has 1 heterocycles. The smallest absolute Gasteiger partial charge is 0.306 e. The van der Waals surface area contributed by atoms with Gasteiger partial charge < -0.3 is 9.64 Å². The third-order valence-corrected chi connectivity index (χ3v) is 5.50. The molecular formula is C24H26N2O5. The molecule has 31 heavy (non-hydrogen) atoms. The SMILES string of the molecule is Cc1ccc2c(c1)C(=O)N(CCCC(=O)OCC(=O)N(C)C(C)c1ccccc1)C2=O. The van der Waals surface area contributed by atoms with E-state index in [4.69, 9.17) is 4.74 Å². The first-order chi connectivity index (χ1) is 14.8. The number of nitrogens with zero attached hydrogens (tertiary/aromatic N) is 2. The molecule has 7 heteroatoms. The lowest BCUT2D eigenvalue weighted by Crippen LogP contribution is -2.33. The minimum atomic E-state index is -0.540. The molecule has 1 aliphatic heterocycles. The minimum absolute atomic E-state index is 0.0116. The molecule has 0 aromatic heterocycles. The molecular weight excluding hydrogens is 396 g/mol. The number of aryl methyl sites for hydroxylation is 1. The summed E-state index contributed by atoms with van der Waals surface area (Å²) in [5.74, 6) is -1.54. The highest BCUT2D eigenvalue weighted by atomic mass is 16.5. The Balaban J connectivity index is 1.43. The summed E-state index contributed by atoms with van der Waals surface area (Å²) >= 11 is 0. The number of ether oxygens (including phenoxy) is 1. The molecule has 2 aromatic carbocycles. The lowest BCUT2D eigenvalue weighted by Gasteiger charge is -2.25. The number of carbonyl (C=O) groups is 4. The van der Waals surface area contributed by atoms with E-state index >= 15 is 0 Å². The van der Waals surface area contributed by atoms with Crippen LogP contribution in [0.25, 0.3) is 0 Å². The van der Waals surface area contributed by atoms with Crippen LogP contribution in [0.4, 0.5) is 0 Å². The number of likely N-dealkylation sites (N-methyl/N-ethyl adjacent to an activating group) is 1. The van der Waals surface area contributed by atoms with E-state index in [1.165, 1.54) is 4.90 Å². The standard InChI is InChI=1S/C24H26N2O5/c1-16-11-12-19-20(14-16)24(30)26(23(19)29)13-7-10-22(28)31-15-21(27)25(3)17(2)18-8-5-4-6-9-18/h4-6,8-9,11-12,14,17H,7,10,13,15H2,1-3H3. The van der Waals surface area contributed by atoms with E-state index < -0.39 is 5.97 Å². The van der Waals surface area contributed by atoms with Crippen molar-refractivity contribution in [2.45, 2.75) is 32.7 Å². The second-order valence-electron chi connectivity index (χ2n) is 7.67. The van der Waals surface area contributed by atoms with E-state index in [-0.39, 0.29) is 49.8 Å². The van der Waals surface area contributed by atoms with Gasteiger partial charge in [-0.1, -0.05) is 42.0 Å². The number of imide groups is 1. The monoisotopic (exact) mass is 422 g/mol. The van der Waals surface area contributed by atoms with Gasteiger partial charge in [-0.05, 0) is 38.0 Å². The molecule has 0 aliphatic carbocycles. The molecule has 3 rings (SSSR count). The van der Waals surface area contributed by atoms with Crippen molar-refractivity contribution < 1.29 is 23.9 Å². The summed E-state index contributed by atoms with van der Waals surface area (Å²) < 4.78 is 5.09. The fourth-order valence-corrected chi connectivity index (χ4v) is 3.48. The molecule has 2 aromatic rings. The van der Waals surface area contributed by atoms with Gasteiger partial charge in [0.25, 0.3) is 17.7 Å². The zero-order valence-corrected chi connectivity index (χ0v) is 18.0. The predicted octanol–water partition coefficient (Wildman–Crippen LogP) is 3.13. The zero-order valence-electron chi connectivity index (χ0n) is 18.0. The van der Waals surface area contributed by atoms with Crippen molar-refractivity contribution in [2.75, 3.05) is 20.2 Å². The van der Waals surface area contributed by atoms with Gasteiger partial charge in [0.2, 0.25) is 0 Å². The molecule has 162 valence electrons. The van der Waals surface area contributed by atoms with E-state index in [0.29, 0.717) is 11.1 Å². The van der Waals surface area contributed by atoms with Crippen molar-refractivity contribution in [1.29, 1.82) is 0 Å². The van der Waals surface area contributed by atoms with Crippen molar-refractivity contribution in [3.8, 4) is 0 Å². The van der Waals surface area contributed by atoms with Crippen LogP contribution in [0.3, 0.4) is 0 Å². The Morgan fingerprint density at radius 1 is 1.03 bits per heavy atom. The van der Waals surface area contributed by atoms with Crippen LogP contribution in [-0.4, -0.2) is 53.7 Å². The molecule has 7 nitrogen and oxygen atoms in total. The topological polar surface area (TPSA) is 84.0 Å². The number of esters is 1. The first kappa shape index (κ1) is 22.2. The first-order valence-corrected chi connectivity index (χ1v) is 10.2. The second kappa shape index (κ2) is 9.55. The number of carbonyl (C=O) groups excluding carboxylic acids is 4. The van der Waals surface area contributed by atoms with E-state index in [0.717, 1.165) is 16.0 Å². The molecule has 0 radical (unpaired) electrons. The summed E-state index contributed by atoms with van der Waals surface area (Å²) in [6.45, 7) is 3.53. The number of amides is 3. The van der Waals surface area contributed by atoms with E-state index in [9.17, 15) is 19.2 Å². The Morgan fingerprint density at radius 2 is 1.71 bits per heavy atom. The molecule has 0 spiro atoms. The Labute approximate surface area is 181 Å². The number of hydrogen-bond acceptors (Lipinski definition) is 5. The number of fused-ring (bicyclic) bond motifs is 1. The van der Waals surface area contributed by atoms with Gasteiger partial charge in [-0.3, -0.25) is 24.1 Å². The normalized spacial score (nSPS) is 13.7. The Kier molecular flexibility index (Phi) is 6.84. The average Bonchev–Trinajstić information content (AvgIpc) is 3.01. The first-order valence-electron chi connectivity index (χ1n) is 10.2. The third-order valence-electron chi connectivity index (χ3n) is 5.50. The van der Waals surface area contributed by atoms with Crippen LogP contribution in [0.5, 0.6) is 0 Å². The molecule has 1 unspecified atom stereocenters. The number of hydrogen-bond donors (Lipinski definition) is 0. The summed E-state index contributed by atoms with van der Waals surface area (Å²) in [5, 5.41) is 0. The molecule has 0 fully saturated rings. The molecule has 3 amide bonds. The second-order valence-corrected chi connectivity index (χ2v) is 7.67. The van der Waals surface area contributed by atoms with Crippen LogP contribution >= 0.6 is 0 Å². The molecule has 0 saturated heterocycles. The van der Waals surface area contributed by atoms with Crippen molar-refractivity contribution in [3.05, 3.63) is 70.8 Å². The summed E-state index contributed by atoms with van der Waals surface area (Å²) in [6.07, 6.45) is 0.283. The van der Waals surface area contributed by atoms with Crippen molar-refractivity contribution in [3.63, 3.8) is 0 Å². The van der Waals surface area contributed by atoms with Crippen LogP contribution in [0.2, 0.25) is 0 Å². The molecule has 0 bridgehead atoms. The summed E-state index contributed by atoms with van der Waals surface area (Å²) in [5.41, 5.74) is 2.68. The van der Waals surface area contributed by atoms with E-state index in [1.807, 2.05) is 44.2 Å². The van der Waals surface area contributed by atoms with Gasteiger partial charge in [-0.2, -0.15) is 0 Å². The van der Waals surface area contributed by atoms with Crippen LogP contribution in [0.1, 0.15) is 57.7 Å². The summed E-state index contributed by atoms with van der Waals surface area (Å²) in [4.78, 5) is 51.9. The largest absolute Gasteiger partial charge is 0.456 e. The van der Waals surface area contributed by atoms with Crippen molar-refractivity contribution in [2.24, 2.45) is 0 Å². The Morgan fingerprint density at radius 3 is 2.42 bits per heavy atom. The van der Waals surface area contributed by atoms with Gasteiger partial charge in [0, 0.05) is 20.0 Å². The quantitative estimate of drug-likeness (QED) is 0.482. The van der Waals surface area contributed by atoms with E-state index in [2.05, 4.69) is 0 Å². The maximum Gasteiger partial charge on any atom is 0.306 e. The van der Waals surface area contributed by atoms with Gasteiger partial charge in [0.15, 0.2) is 6.61 Å². The fraction of sp³-hybridized carbons (Fsp3) is 0.333. The minimum Gasteiger partial charge on any atom is -0.456 e. The maximum absolute atomic E-state index is 12.4. The van der Waals surface area contributed by atoms with E-state index in [1.54, 1.807) is 25.2 Å². The van der Waals surface area contributed by atoms with Gasteiger partial charge in [-0.15, -0.1) is 0 Å². The third kappa shape index (κ3) is 4.99. The maximum atomic E-state index is 12.4. The lowest BCUT2D eigenvalue weighted by atomic mass is 10.1. The summed E-state index contributed by atoms with van der Waals surface area (Å²) in [6, 6.07) is 14.6. The van der Waals surface area contributed by atoms with Crippen LogP contribution in [-0.2, 0) is 14.3 Å². The lowest BCUT2D eigenvalue weighted by molar-refractivity contribution is -0.152. The van der Waals surface area contributed by atoms with Crippen molar-refractivity contribution >= 4 is 23.7 Å². The molecule has 0 saturated carbocycles. The number of rotatable bonds is 8. The average molecular weight is 422 g/mol. The highest BCUT2D eigenvalue weighted by Gasteiger charge is 2.35. The van der Waals surface area contributed by atoms with Crippen LogP contribution in [0.15, 0.2) is 48.5 Å². The number of benzene rings is 2. The van der Waals surface area contributed by atoms with Gasteiger partial charge >= 0.3 is 5.97 Å². The Bertz CT molecular complexity index is 1000. The molecule has 1 aliphatic rings. The van der Waals surface area contributed by atoms with Gasteiger partial charge in [-0.25, -0.2) is 0 Å². The van der Waals surface area contributed by atoms with Crippen molar-refractivity contribution in [1.82, 2.24) is 9.80 Å².